The Labute approximate surface area is 114 Å². The molecule has 1 rings (SSSR count). The monoisotopic (exact) mass is 220 g/mol. The van der Waals surface area contributed by atoms with E-state index in [1.807, 2.05) is 0 Å². The van der Waals surface area contributed by atoms with Crippen LogP contribution in [0.2, 0.25) is 0 Å². The summed E-state index contributed by atoms with van der Waals surface area (Å²) in [5.41, 5.74) is 0. The molecule has 0 radical (unpaired) electrons. The van der Waals surface area contributed by atoms with Crippen molar-refractivity contribution in [3.8, 4) is 0 Å². The third kappa shape index (κ3) is 8.06. The average Bonchev–Trinajstić information content (AvgIpc) is 2.18. The van der Waals surface area contributed by atoms with E-state index in [2.05, 4.69) is 0 Å². The van der Waals surface area contributed by atoms with Crippen LogP contribution in [0.25, 0.3) is 0 Å². The summed E-state index contributed by atoms with van der Waals surface area (Å²) in [6.45, 7) is 0. The summed E-state index contributed by atoms with van der Waals surface area (Å²) in [6.07, 6.45) is 13.4. The van der Waals surface area contributed by atoms with Gasteiger partial charge in [0.15, 0.2) is 0 Å². The zero-order valence-electron chi connectivity index (χ0n) is 8.74. The van der Waals surface area contributed by atoms with Crippen LogP contribution in [0.15, 0.2) is 12.2 Å². The Morgan fingerprint density at radius 1 is 1.27 bits per heavy atom. The van der Waals surface area contributed by atoms with Crippen molar-refractivity contribution in [3.05, 3.63) is 12.2 Å². The molecule has 2 nitrogen and oxygen atoms in total. The Kier molecular flexibility index (Phi) is 9.57. The summed E-state index contributed by atoms with van der Waals surface area (Å²) in [5.74, 6) is 0.0876. The molecule has 0 saturated heterocycles. The maximum absolute atomic E-state index is 10.2. The van der Waals surface area contributed by atoms with E-state index in [9.17, 15) is 4.79 Å². The van der Waals surface area contributed by atoms with E-state index in [1.165, 1.54) is 44.6 Å². The Balaban J connectivity index is 0.00000196. The summed E-state index contributed by atoms with van der Waals surface area (Å²) in [7, 11) is 0. The molecule has 1 aliphatic carbocycles. The topological polar surface area (TPSA) is 37.3 Å². The fourth-order valence-corrected chi connectivity index (χ4v) is 2.18. The van der Waals surface area contributed by atoms with Crippen molar-refractivity contribution in [1.82, 2.24) is 0 Å². The van der Waals surface area contributed by atoms with Crippen LogP contribution in [-0.4, -0.2) is 40.6 Å². The van der Waals surface area contributed by atoms with Gasteiger partial charge >= 0.3 is 35.5 Å². The molecule has 82 valence electrons. The van der Waals surface area contributed by atoms with Gasteiger partial charge in [0.25, 0.3) is 0 Å². The van der Waals surface area contributed by atoms with E-state index in [0.29, 0.717) is 0 Å². The van der Waals surface area contributed by atoms with Crippen molar-refractivity contribution in [2.45, 2.75) is 51.4 Å². The van der Waals surface area contributed by atoms with Gasteiger partial charge in [-0.05, 0) is 18.8 Å². The molecule has 0 spiro atoms. The molecule has 0 aliphatic heterocycles. The van der Waals surface area contributed by atoms with Gasteiger partial charge in [-0.2, -0.15) is 0 Å². The van der Waals surface area contributed by atoms with Gasteiger partial charge < -0.3 is 5.11 Å². The summed E-state index contributed by atoms with van der Waals surface area (Å²) in [4.78, 5) is 10.2. The molecule has 0 aromatic rings. The van der Waals surface area contributed by atoms with Crippen LogP contribution >= 0.6 is 0 Å². The van der Waals surface area contributed by atoms with Gasteiger partial charge in [0.2, 0.25) is 0 Å². The summed E-state index contributed by atoms with van der Waals surface area (Å²) < 4.78 is 0. The van der Waals surface area contributed by atoms with Gasteiger partial charge in [-0.15, -0.1) is 0 Å². The second-order valence-electron chi connectivity index (χ2n) is 4.18. The van der Waals surface area contributed by atoms with Gasteiger partial charge in [0.1, 0.15) is 0 Å². The molecule has 0 bridgehead atoms. The Hall–Kier alpha value is 0.210. The van der Waals surface area contributed by atoms with E-state index in [0.717, 1.165) is 18.8 Å². The number of hydrogen-bond acceptors (Lipinski definition) is 1. The molecule has 0 amide bonds. The SMILES string of the molecule is O=C(O)/C=C/CCCC1CCCCC1.[NaH]. The average molecular weight is 220 g/mol. The fraction of sp³-hybridized carbons (Fsp3) is 0.750. The molecule has 0 heterocycles. The van der Waals surface area contributed by atoms with Gasteiger partial charge in [0, 0.05) is 6.08 Å². The van der Waals surface area contributed by atoms with Gasteiger partial charge in [-0.3, -0.25) is 0 Å². The number of carbonyl (C=O) groups is 1. The molecule has 0 atom stereocenters. The molecule has 1 fully saturated rings. The van der Waals surface area contributed by atoms with Crippen molar-refractivity contribution in [2.24, 2.45) is 5.92 Å². The summed E-state index contributed by atoms with van der Waals surface area (Å²) in [6, 6.07) is 0. The number of carboxylic acids is 1. The van der Waals surface area contributed by atoms with E-state index in [-0.39, 0.29) is 29.6 Å². The fourth-order valence-electron chi connectivity index (χ4n) is 2.18. The van der Waals surface area contributed by atoms with E-state index in [4.69, 9.17) is 5.11 Å². The number of allylic oxidation sites excluding steroid dienone is 1. The molecular weight excluding hydrogens is 199 g/mol. The third-order valence-corrected chi connectivity index (χ3v) is 2.97. The van der Waals surface area contributed by atoms with Crippen LogP contribution in [0.1, 0.15) is 51.4 Å². The second kappa shape index (κ2) is 9.44. The quantitative estimate of drug-likeness (QED) is 0.439. The number of hydrogen-bond donors (Lipinski definition) is 1. The van der Waals surface area contributed by atoms with Crippen molar-refractivity contribution in [3.63, 3.8) is 0 Å². The molecule has 1 aliphatic rings. The van der Waals surface area contributed by atoms with Crippen LogP contribution in [-0.2, 0) is 4.79 Å². The minimum atomic E-state index is -0.831. The number of aliphatic carboxylic acids is 1. The Morgan fingerprint density at radius 3 is 2.53 bits per heavy atom. The predicted octanol–water partition coefficient (Wildman–Crippen LogP) is 2.73. The van der Waals surface area contributed by atoms with Crippen molar-refractivity contribution in [2.75, 3.05) is 0 Å². The van der Waals surface area contributed by atoms with E-state index < -0.39 is 5.97 Å². The molecule has 0 unspecified atom stereocenters. The van der Waals surface area contributed by atoms with Crippen molar-refractivity contribution >= 4 is 35.5 Å². The van der Waals surface area contributed by atoms with Gasteiger partial charge in [0.05, 0.1) is 0 Å². The first-order valence-electron chi connectivity index (χ1n) is 5.68. The van der Waals surface area contributed by atoms with Gasteiger partial charge in [-0.1, -0.05) is 44.6 Å². The normalized spacial score (nSPS) is 17.6. The summed E-state index contributed by atoms with van der Waals surface area (Å²) in [5, 5.41) is 8.37. The first kappa shape index (κ1) is 15.2. The molecule has 15 heavy (non-hydrogen) atoms. The second-order valence-corrected chi connectivity index (χ2v) is 4.18. The zero-order chi connectivity index (χ0) is 10.2. The minimum absolute atomic E-state index is 0. The van der Waals surface area contributed by atoms with Crippen LogP contribution in [0.3, 0.4) is 0 Å². The third-order valence-electron chi connectivity index (χ3n) is 2.97. The molecule has 1 saturated carbocycles. The zero-order valence-corrected chi connectivity index (χ0v) is 8.74. The molecule has 0 aromatic carbocycles. The number of unbranched alkanes of at least 4 members (excludes halogenated alkanes) is 1. The van der Waals surface area contributed by atoms with Crippen molar-refractivity contribution in [1.29, 1.82) is 0 Å². The van der Waals surface area contributed by atoms with Crippen LogP contribution in [0.5, 0.6) is 0 Å². The summed E-state index contributed by atoms with van der Waals surface area (Å²) >= 11 is 0. The van der Waals surface area contributed by atoms with Crippen LogP contribution in [0.4, 0.5) is 0 Å². The predicted molar refractivity (Wildman–Crippen MR) is 64.4 cm³/mol. The standard InChI is InChI=1S/C12H20O2.Na.H/c13-12(14)10-6-2-5-9-11-7-3-1-4-8-11;;/h6,10-11H,1-5,7-9H2,(H,13,14);;/b10-6+;;. The first-order valence-corrected chi connectivity index (χ1v) is 5.68. The van der Waals surface area contributed by atoms with Crippen LogP contribution < -0.4 is 0 Å². The van der Waals surface area contributed by atoms with Gasteiger partial charge in [-0.25, -0.2) is 4.79 Å². The molecular formula is C12H21NaO2. The Bertz CT molecular complexity index is 196. The molecule has 1 N–H and O–H groups in total. The maximum atomic E-state index is 10.2. The molecule has 0 aromatic heterocycles. The number of rotatable bonds is 5. The van der Waals surface area contributed by atoms with E-state index >= 15 is 0 Å². The van der Waals surface area contributed by atoms with Crippen molar-refractivity contribution < 1.29 is 9.90 Å². The Morgan fingerprint density at radius 2 is 1.93 bits per heavy atom. The van der Waals surface area contributed by atoms with Crippen LogP contribution in [0, 0.1) is 5.92 Å². The first-order chi connectivity index (χ1) is 6.79. The van der Waals surface area contributed by atoms with E-state index in [1.54, 1.807) is 6.08 Å². The molecule has 3 heteroatoms. The number of carboxylic acid groups (broad SMARTS) is 1.